The van der Waals surface area contributed by atoms with Gasteiger partial charge >= 0.3 is 6.18 Å². The van der Waals surface area contributed by atoms with Gasteiger partial charge in [-0.25, -0.2) is 4.98 Å². The lowest BCUT2D eigenvalue weighted by Crippen LogP contribution is -2.20. The van der Waals surface area contributed by atoms with Gasteiger partial charge in [0.2, 0.25) is 0 Å². The molecule has 0 radical (unpaired) electrons. The fourth-order valence-corrected chi connectivity index (χ4v) is 2.20. The SMILES string of the molecule is Cl.NC(=O)c1cc2[nH]ncc2cc1NC(=O)c1cccc(C(F)(F)F)n1. The standard InChI is InChI=1S/C15H10F3N5O2.ClH/c16-15(17,18)12-3-1-2-9(21-12)14(25)22-11-4-7-6-20-23-10(7)5-8(11)13(19)24;/h1-6H,(H2,19,24)(H,20,23)(H,22,25);1H. The van der Waals surface area contributed by atoms with Crippen LogP contribution < -0.4 is 11.1 Å². The highest BCUT2D eigenvalue weighted by Gasteiger charge is 2.33. The molecule has 3 aromatic rings. The third kappa shape index (κ3) is 3.75. The Morgan fingerprint density at radius 3 is 2.58 bits per heavy atom. The largest absolute Gasteiger partial charge is 0.433 e. The van der Waals surface area contributed by atoms with E-state index in [1.165, 1.54) is 18.3 Å². The summed E-state index contributed by atoms with van der Waals surface area (Å²) in [6.07, 6.45) is -3.22. The first kappa shape index (κ1) is 19.2. The number of aromatic nitrogens is 3. The highest BCUT2D eigenvalue weighted by molar-refractivity contribution is 6.10. The maximum atomic E-state index is 12.7. The molecule has 0 saturated heterocycles. The molecule has 7 nitrogen and oxygen atoms in total. The molecule has 2 aromatic heterocycles. The van der Waals surface area contributed by atoms with E-state index in [1.54, 1.807) is 0 Å². The Morgan fingerprint density at radius 2 is 1.92 bits per heavy atom. The van der Waals surface area contributed by atoms with Gasteiger partial charge < -0.3 is 11.1 Å². The Bertz CT molecular complexity index is 987. The number of anilines is 1. The first-order chi connectivity index (χ1) is 11.8. The van der Waals surface area contributed by atoms with Crippen molar-refractivity contribution in [1.82, 2.24) is 15.2 Å². The summed E-state index contributed by atoms with van der Waals surface area (Å²) in [4.78, 5) is 27.1. The lowest BCUT2D eigenvalue weighted by molar-refractivity contribution is -0.141. The number of nitrogens with zero attached hydrogens (tertiary/aromatic N) is 2. The second kappa shape index (κ2) is 7.00. The van der Waals surface area contributed by atoms with Crippen molar-refractivity contribution in [2.45, 2.75) is 6.18 Å². The van der Waals surface area contributed by atoms with Crippen LogP contribution >= 0.6 is 12.4 Å². The summed E-state index contributed by atoms with van der Waals surface area (Å²) < 4.78 is 38.1. The van der Waals surface area contributed by atoms with E-state index in [9.17, 15) is 22.8 Å². The molecule has 0 spiro atoms. The lowest BCUT2D eigenvalue weighted by atomic mass is 10.1. The van der Waals surface area contributed by atoms with Crippen molar-refractivity contribution >= 4 is 40.8 Å². The topological polar surface area (TPSA) is 114 Å². The van der Waals surface area contributed by atoms with Crippen LogP contribution in [0, 0.1) is 0 Å². The summed E-state index contributed by atoms with van der Waals surface area (Å²) in [7, 11) is 0. The van der Waals surface area contributed by atoms with Crippen LogP contribution in [0.3, 0.4) is 0 Å². The maximum absolute atomic E-state index is 12.7. The average molecular weight is 386 g/mol. The number of hydrogen-bond donors (Lipinski definition) is 3. The van der Waals surface area contributed by atoms with Crippen LogP contribution in [0.5, 0.6) is 0 Å². The van der Waals surface area contributed by atoms with Crippen LogP contribution in [-0.2, 0) is 6.18 Å². The van der Waals surface area contributed by atoms with Crippen LogP contribution in [0.1, 0.15) is 26.5 Å². The highest BCUT2D eigenvalue weighted by Crippen LogP contribution is 2.28. The van der Waals surface area contributed by atoms with E-state index in [2.05, 4.69) is 20.5 Å². The van der Waals surface area contributed by atoms with Gasteiger partial charge in [-0.1, -0.05) is 6.07 Å². The number of carbonyl (C=O) groups excluding carboxylic acids is 2. The zero-order valence-corrected chi connectivity index (χ0v) is 13.6. The zero-order chi connectivity index (χ0) is 18.2. The number of pyridine rings is 1. The van der Waals surface area contributed by atoms with Gasteiger partial charge in [0.15, 0.2) is 0 Å². The van der Waals surface area contributed by atoms with Gasteiger partial charge in [-0.3, -0.25) is 14.7 Å². The number of aromatic amines is 1. The zero-order valence-electron chi connectivity index (χ0n) is 12.8. The molecule has 0 fully saturated rings. The first-order valence-corrected chi connectivity index (χ1v) is 6.88. The molecule has 3 rings (SSSR count). The molecule has 0 aliphatic heterocycles. The molecular formula is C15H11ClF3N5O2. The van der Waals surface area contributed by atoms with E-state index in [4.69, 9.17) is 5.73 Å². The van der Waals surface area contributed by atoms with E-state index in [1.807, 2.05) is 0 Å². The number of rotatable bonds is 3. The van der Waals surface area contributed by atoms with Crippen molar-refractivity contribution in [3.05, 3.63) is 53.5 Å². The van der Waals surface area contributed by atoms with E-state index in [-0.39, 0.29) is 23.7 Å². The van der Waals surface area contributed by atoms with Crippen molar-refractivity contribution < 1.29 is 22.8 Å². The number of fused-ring (bicyclic) bond motifs is 1. The predicted molar refractivity (Wildman–Crippen MR) is 89.1 cm³/mol. The van der Waals surface area contributed by atoms with Gasteiger partial charge in [-0.2, -0.15) is 18.3 Å². The van der Waals surface area contributed by atoms with Crippen LogP contribution in [0.15, 0.2) is 36.5 Å². The molecule has 0 saturated carbocycles. The van der Waals surface area contributed by atoms with Gasteiger partial charge in [-0.05, 0) is 24.3 Å². The van der Waals surface area contributed by atoms with Gasteiger partial charge in [-0.15, -0.1) is 12.4 Å². The highest BCUT2D eigenvalue weighted by atomic mass is 35.5. The Morgan fingerprint density at radius 1 is 1.19 bits per heavy atom. The van der Waals surface area contributed by atoms with E-state index >= 15 is 0 Å². The third-order valence-corrected chi connectivity index (χ3v) is 3.36. The lowest BCUT2D eigenvalue weighted by Gasteiger charge is -2.10. The quantitative estimate of drug-likeness (QED) is 0.643. The number of carbonyl (C=O) groups is 2. The molecule has 4 N–H and O–H groups in total. The van der Waals surface area contributed by atoms with E-state index in [0.717, 1.165) is 18.2 Å². The van der Waals surface area contributed by atoms with Crippen LogP contribution in [0.4, 0.5) is 18.9 Å². The second-order valence-corrected chi connectivity index (χ2v) is 5.08. The second-order valence-electron chi connectivity index (χ2n) is 5.08. The fraction of sp³-hybridized carbons (Fsp3) is 0.0667. The molecule has 0 bridgehead atoms. The van der Waals surface area contributed by atoms with Crippen molar-refractivity contribution in [3.63, 3.8) is 0 Å². The molecule has 1 aromatic carbocycles. The van der Waals surface area contributed by atoms with Gasteiger partial charge in [0.1, 0.15) is 11.4 Å². The molecule has 0 atom stereocenters. The van der Waals surface area contributed by atoms with Crippen molar-refractivity contribution in [2.75, 3.05) is 5.32 Å². The summed E-state index contributed by atoms with van der Waals surface area (Å²) in [5.41, 5.74) is 4.19. The Kier molecular flexibility index (Phi) is 5.17. The van der Waals surface area contributed by atoms with Gasteiger partial charge in [0, 0.05) is 5.39 Å². The Labute approximate surface area is 150 Å². The molecule has 26 heavy (non-hydrogen) atoms. The van der Waals surface area contributed by atoms with Crippen molar-refractivity contribution in [3.8, 4) is 0 Å². The molecule has 11 heteroatoms. The molecule has 2 heterocycles. The maximum Gasteiger partial charge on any atom is 0.433 e. The molecule has 136 valence electrons. The smallest absolute Gasteiger partial charge is 0.366 e. The summed E-state index contributed by atoms with van der Waals surface area (Å²) in [5, 5.41) is 9.37. The number of hydrogen-bond acceptors (Lipinski definition) is 4. The minimum Gasteiger partial charge on any atom is -0.366 e. The predicted octanol–water partition coefficient (Wildman–Crippen LogP) is 2.75. The van der Waals surface area contributed by atoms with Gasteiger partial charge in [0.05, 0.1) is 23.0 Å². The number of nitrogens with one attached hydrogen (secondary N) is 2. The van der Waals surface area contributed by atoms with Crippen LogP contribution in [0.2, 0.25) is 0 Å². The van der Waals surface area contributed by atoms with E-state index in [0.29, 0.717) is 10.9 Å². The summed E-state index contributed by atoms with van der Waals surface area (Å²) in [6, 6.07) is 5.78. The molecule has 2 amide bonds. The minimum atomic E-state index is -4.68. The minimum absolute atomic E-state index is 0. The number of halogens is 4. The van der Waals surface area contributed by atoms with E-state index < -0.39 is 29.4 Å². The number of benzene rings is 1. The third-order valence-electron chi connectivity index (χ3n) is 3.36. The summed E-state index contributed by atoms with van der Waals surface area (Å²) in [5.74, 6) is -1.72. The molecule has 0 aliphatic carbocycles. The summed E-state index contributed by atoms with van der Waals surface area (Å²) in [6.45, 7) is 0. The molecular weight excluding hydrogens is 375 g/mol. The van der Waals surface area contributed by atoms with Crippen LogP contribution in [-0.4, -0.2) is 27.0 Å². The fourth-order valence-electron chi connectivity index (χ4n) is 2.20. The molecule has 0 unspecified atom stereocenters. The normalized spacial score (nSPS) is 11.0. The first-order valence-electron chi connectivity index (χ1n) is 6.88. The monoisotopic (exact) mass is 385 g/mol. The number of H-pyrrole nitrogens is 1. The van der Waals surface area contributed by atoms with Gasteiger partial charge in [0.25, 0.3) is 11.8 Å². The summed E-state index contributed by atoms with van der Waals surface area (Å²) >= 11 is 0. The van der Waals surface area contributed by atoms with Crippen molar-refractivity contribution in [1.29, 1.82) is 0 Å². The Hall–Kier alpha value is -3.14. The Balaban J connectivity index is 0.00000243. The average Bonchev–Trinajstić information content (AvgIpc) is 3.00. The number of primary amides is 1. The van der Waals surface area contributed by atoms with Crippen LogP contribution in [0.25, 0.3) is 10.9 Å². The molecule has 0 aliphatic rings. The number of alkyl halides is 3. The van der Waals surface area contributed by atoms with Crippen molar-refractivity contribution in [2.24, 2.45) is 5.73 Å². The number of amides is 2. The number of nitrogens with two attached hydrogens (primary N) is 1.